The Morgan fingerprint density at radius 1 is 1.21 bits per heavy atom. The van der Waals surface area contributed by atoms with Crippen LogP contribution in [0.15, 0.2) is 36.9 Å². The number of aryl methyl sites for hydroxylation is 2. The largest absolute Gasteiger partial charge is 0.435 e. The van der Waals surface area contributed by atoms with Crippen molar-refractivity contribution in [3.05, 3.63) is 59.6 Å². The standard InChI is InChI=1S/C20H22N6O2/c1-13-16(11-24-25-13)20(27)26-10-4-5-15(12-26)18-19(23-9-8-22-18)28-17-6-3-7-21-14(17)2/h3,6-9,11,15H,4-5,10,12H2,1-2H3,(H,24,25). The molecule has 0 spiro atoms. The van der Waals surface area contributed by atoms with Crippen LogP contribution in [0.25, 0.3) is 0 Å². The Balaban J connectivity index is 1.57. The van der Waals surface area contributed by atoms with Crippen LogP contribution in [0.4, 0.5) is 0 Å². The van der Waals surface area contributed by atoms with Crippen LogP contribution < -0.4 is 4.74 Å². The second kappa shape index (κ2) is 7.75. The molecule has 1 saturated heterocycles. The van der Waals surface area contributed by atoms with Gasteiger partial charge in [0.05, 0.1) is 17.5 Å². The van der Waals surface area contributed by atoms with Gasteiger partial charge in [-0.2, -0.15) is 5.10 Å². The quantitative estimate of drug-likeness (QED) is 0.749. The molecule has 0 radical (unpaired) electrons. The minimum atomic E-state index is -0.00888. The van der Waals surface area contributed by atoms with Crippen molar-refractivity contribution in [1.82, 2.24) is 30.0 Å². The minimum Gasteiger partial charge on any atom is -0.435 e. The molecule has 0 aliphatic carbocycles. The van der Waals surface area contributed by atoms with Gasteiger partial charge in [-0.25, -0.2) is 4.98 Å². The highest BCUT2D eigenvalue weighted by Gasteiger charge is 2.30. The van der Waals surface area contributed by atoms with E-state index in [0.29, 0.717) is 23.7 Å². The Hall–Kier alpha value is -3.29. The zero-order valence-corrected chi connectivity index (χ0v) is 15.9. The summed E-state index contributed by atoms with van der Waals surface area (Å²) in [5.74, 6) is 1.18. The van der Waals surface area contributed by atoms with Gasteiger partial charge in [-0.3, -0.25) is 19.9 Å². The van der Waals surface area contributed by atoms with E-state index in [0.717, 1.165) is 36.5 Å². The fourth-order valence-electron chi connectivity index (χ4n) is 3.50. The molecule has 4 rings (SSSR count). The fraction of sp³-hybridized carbons (Fsp3) is 0.350. The maximum absolute atomic E-state index is 12.9. The number of hydrogen-bond acceptors (Lipinski definition) is 6. The lowest BCUT2D eigenvalue weighted by molar-refractivity contribution is 0.0704. The molecule has 8 nitrogen and oxygen atoms in total. The number of nitrogens with zero attached hydrogens (tertiary/aromatic N) is 5. The molecule has 3 aromatic heterocycles. The summed E-state index contributed by atoms with van der Waals surface area (Å²) in [4.78, 5) is 27.9. The predicted molar refractivity (Wildman–Crippen MR) is 102 cm³/mol. The molecule has 1 fully saturated rings. The van der Waals surface area contributed by atoms with E-state index < -0.39 is 0 Å². The summed E-state index contributed by atoms with van der Waals surface area (Å²) in [6.07, 6.45) is 8.42. The van der Waals surface area contributed by atoms with E-state index in [1.54, 1.807) is 24.8 Å². The first kappa shape index (κ1) is 18.1. The predicted octanol–water partition coefficient (Wildman–Crippen LogP) is 3.02. The highest BCUT2D eigenvalue weighted by molar-refractivity contribution is 5.95. The maximum Gasteiger partial charge on any atom is 0.257 e. The summed E-state index contributed by atoms with van der Waals surface area (Å²) in [7, 11) is 0. The minimum absolute atomic E-state index is 0.00888. The number of piperidine rings is 1. The average Bonchev–Trinajstić information content (AvgIpc) is 3.15. The van der Waals surface area contributed by atoms with Gasteiger partial charge in [0.1, 0.15) is 5.69 Å². The van der Waals surface area contributed by atoms with Gasteiger partial charge in [0, 0.05) is 43.3 Å². The molecule has 0 aromatic carbocycles. The van der Waals surface area contributed by atoms with Crippen molar-refractivity contribution < 1.29 is 9.53 Å². The van der Waals surface area contributed by atoms with E-state index in [-0.39, 0.29) is 11.8 Å². The van der Waals surface area contributed by atoms with Crippen LogP contribution in [0.1, 0.15) is 46.2 Å². The van der Waals surface area contributed by atoms with Crippen molar-refractivity contribution in [1.29, 1.82) is 0 Å². The smallest absolute Gasteiger partial charge is 0.257 e. The first-order valence-electron chi connectivity index (χ1n) is 9.33. The Bertz CT molecular complexity index is 986. The first-order chi connectivity index (χ1) is 13.6. The van der Waals surface area contributed by atoms with Crippen LogP contribution in [0.2, 0.25) is 0 Å². The molecular formula is C20H22N6O2. The number of nitrogens with one attached hydrogen (secondary N) is 1. The van der Waals surface area contributed by atoms with Crippen LogP contribution >= 0.6 is 0 Å². The number of H-pyrrole nitrogens is 1. The number of amides is 1. The van der Waals surface area contributed by atoms with Crippen molar-refractivity contribution in [3.63, 3.8) is 0 Å². The molecule has 8 heteroatoms. The van der Waals surface area contributed by atoms with Crippen LogP contribution in [0.3, 0.4) is 0 Å². The normalized spacial score (nSPS) is 16.8. The van der Waals surface area contributed by atoms with E-state index in [1.165, 1.54) is 0 Å². The van der Waals surface area contributed by atoms with Gasteiger partial charge in [-0.1, -0.05) is 0 Å². The van der Waals surface area contributed by atoms with E-state index in [9.17, 15) is 4.79 Å². The van der Waals surface area contributed by atoms with Gasteiger partial charge in [0.25, 0.3) is 5.91 Å². The Kier molecular flexibility index (Phi) is 5.01. The summed E-state index contributed by atoms with van der Waals surface area (Å²) in [5, 5.41) is 6.79. The lowest BCUT2D eigenvalue weighted by Gasteiger charge is -2.32. The number of carbonyl (C=O) groups is 1. The third kappa shape index (κ3) is 3.58. The maximum atomic E-state index is 12.9. The SMILES string of the molecule is Cc1ncccc1Oc1nccnc1C1CCCN(C(=O)c2cn[nH]c2C)C1. The number of aromatic nitrogens is 5. The first-order valence-corrected chi connectivity index (χ1v) is 9.33. The molecule has 28 heavy (non-hydrogen) atoms. The number of hydrogen-bond donors (Lipinski definition) is 1. The lowest BCUT2D eigenvalue weighted by Crippen LogP contribution is -2.39. The van der Waals surface area contributed by atoms with E-state index in [1.807, 2.05) is 30.9 Å². The zero-order valence-electron chi connectivity index (χ0n) is 15.9. The van der Waals surface area contributed by atoms with Gasteiger partial charge < -0.3 is 9.64 Å². The van der Waals surface area contributed by atoms with Crippen LogP contribution in [0.5, 0.6) is 11.6 Å². The summed E-state index contributed by atoms with van der Waals surface area (Å²) in [5.41, 5.74) is 2.95. The number of likely N-dealkylation sites (tertiary alicyclic amines) is 1. The second-order valence-electron chi connectivity index (χ2n) is 6.93. The third-order valence-electron chi connectivity index (χ3n) is 5.01. The molecule has 1 amide bonds. The Labute approximate surface area is 163 Å². The lowest BCUT2D eigenvalue weighted by atomic mass is 9.94. The molecule has 144 valence electrons. The van der Waals surface area contributed by atoms with Gasteiger partial charge in [0.2, 0.25) is 5.88 Å². The topological polar surface area (TPSA) is 96.9 Å². The van der Waals surface area contributed by atoms with Gasteiger partial charge in [-0.05, 0) is 38.8 Å². The van der Waals surface area contributed by atoms with E-state index >= 15 is 0 Å². The van der Waals surface area contributed by atoms with Crippen molar-refractivity contribution in [2.45, 2.75) is 32.6 Å². The fourth-order valence-corrected chi connectivity index (χ4v) is 3.50. The molecule has 1 aliphatic heterocycles. The highest BCUT2D eigenvalue weighted by atomic mass is 16.5. The third-order valence-corrected chi connectivity index (χ3v) is 5.01. The zero-order chi connectivity index (χ0) is 19.5. The summed E-state index contributed by atoms with van der Waals surface area (Å²) in [6.45, 7) is 5.04. The molecule has 0 bridgehead atoms. The van der Waals surface area contributed by atoms with Crippen molar-refractivity contribution >= 4 is 5.91 Å². The molecule has 1 atom stereocenters. The number of pyridine rings is 1. The summed E-state index contributed by atoms with van der Waals surface area (Å²) in [6, 6.07) is 3.69. The Morgan fingerprint density at radius 2 is 2.07 bits per heavy atom. The van der Waals surface area contributed by atoms with Crippen LogP contribution in [0, 0.1) is 13.8 Å². The van der Waals surface area contributed by atoms with E-state index in [2.05, 4.69) is 25.1 Å². The number of aromatic amines is 1. The highest BCUT2D eigenvalue weighted by Crippen LogP contribution is 2.33. The summed E-state index contributed by atoms with van der Waals surface area (Å²) < 4.78 is 6.03. The average molecular weight is 378 g/mol. The molecular weight excluding hydrogens is 356 g/mol. The molecule has 1 aliphatic rings. The van der Waals surface area contributed by atoms with Gasteiger partial charge in [0.15, 0.2) is 5.75 Å². The van der Waals surface area contributed by atoms with E-state index in [4.69, 9.17) is 4.74 Å². The molecule has 4 heterocycles. The second-order valence-corrected chi connectivity index (χ2v) is 6.93. The molecule has 1 N–H and O–H groups in total. The van der Waals surface area contributed by atoms with Crippen molar-refractivity contribution in [3.8, 4) is 11.6 Å². The summed E-state index contributed by atoms with van der Waals surface area (Å²) >= 11 is 0. The van der Waals surface area contributed by atoms with Crippen molar-refractivity contribution in [2.75, 3.05) is 13.1 Å². The van der Waals surface area contributed by atoms with Gasteiger partial charge in [-0.15, -0.1) is 0 Å². The van der Waals surface area contributed by atoms with Gasteiger partial charge >= 0.3 is 0 Å². The molecule has 0 saturated carbocycles. The molecule has 1 unspecified atom stereocenters. The number of rotatable bonds is 4. The number of ether oxygens (including phenoxy) is 1. The monoisotopic (exact) mass is 378 g/mol. The Morgan fingerprint density at radius 3 is 2.86 bits per heavy atom. The van der Waals surface area contributed by atoms with Crippen molar-refractivity contribution in [2.24, 2.45) is 0 Å². The van der Waals surface area contributed by atoms with Crippen LogP contribution in [-0.2, 0) is 0 Å². The number of carbonyl (C=O) groups excluding carboxylic acids is 1. The molecule has 3 aromatic rings. The van der Waals surface area contributed by atoms with Crippen LogP contribution in [-0.4, -0.2) is 49.0 Å².